The molecule has 0 aliphatic rings. The highest BCUT2D eigenvalue weighted by Gasteiger charge is 2.15. The number of hydrazone groups is 1. The topological polar surface area (TPSA) is 89.4 Å². The van der Waals surface area contributed by atoms with Crippen LogP contribution in [0.1, 0.15) is 46.8 Å². The van der Waals surface area contributed by atoms with Crippen molar-refractivity contribution in [3.63, 3.8) is 0 Å². The van der Waals surface area contributed by atoms with E-state index in [9.17, 15) is 14.3 Å². The second kappa shape index (κ2) is 11.2. The van der Waals surface area contributed by atoms with E-state index >= 15 is 0 Å². The maximum Gasteiger partial charge on any atom is 0.271 e. The van der Waals surface area contributed by atoms with Gasteiger partial charge in [0.1, 0.15) is 6.61 Å². The van der Waals surface area contributed by atoms with Gasteiger partial charge in [-0.3, -0.25) is 4.79 Å². The normalized spacial score (nSPS) is 11.0. The quantitative estimate of drug-likeness (QED) is 0.342. The number of benzene rings is 3. The molecule has 0 aliphatic carbocycles. The van der Waals surface area contributed by atoms with Gasteiger partial charge < -0.3 is 19.3 Å². The summed E-state index contributed by atoms with van der Waals surface area (Å²) >= 11 is 0. The van der Waals surface area contributed by atoms with E-state index in [0.29, 0.717) is 35.3 Å². The number of nitrogens with zero attached hydrogens (tertiary/aromatic N) is 1. The fraction of sp³-hybridized carbons (Fsp3) is 0.231. The van der Waals surface area contributed by atoms with Crippen LogP contribution < -0.4 is 19.6 Å². The number of aromatic hydroxyl groups is 1. The molecule has 178 valence electrons. The Bertz CT molecular complexity index is 1150. The number of ether oxygens (including phenoxy) is 3. The lowest BCUT2D eigenvalue weighted by molar-refractivity contribution is 0.0954. The fourth-order valence-electron chi connectivity index (χ4n) is 3.15. The SMILES string of the molecule is COc1cc(C=NNC(=O)c2ccc(O)c(F)c2)cc(OC)c1OCc1ccc(C(C)C)cc1. The van der Waals surface area contributed by atoms with Gasteiger partial charge in [0.25, 0.3) is 5.91 Å². The summed E-state index contributed by atoms with van der Waals surface area (Å²) in [5.74, 6) is -0.280. The van der Waals surface area contributed by atoms with Crippen molar-refractivity contribution in [1.29, 1.82) is 0 Å². The van der Waals surface area contributed by atoms with Crippen LogP contribution in [0.15, 0.2) is 59.7 Å². The van der Waals surface area contributed by atoms with E-state index in [1.165, 1.54) is 32.1 Å². The molecule has 0 unspecified atom stereocenters. The summed E-state index contributed by atoms with van der Waals surface area (Å²) in [6, 6.07) is 14.9. The van der Waals surface area contributed by atoms with Gasteiger partial charge in [-0.15, -0.1) is 0 Å². The highest BCUT2D eigenvalue weighted by atomic mass is 19.1. The lowest BCUT2D eigenvalue weighted by Crippen LogP contribution is -2.17. The fourth-order valence-corrected chi connectivity index (χ4v) is 3.15. The van der Waals surface area contributed by atoms with Gasteiger partial charge in [0, 0.05) is 11.1 Å². The first-order chi connectivity index (χ1) is 16.3. The maximum atomic E-state index is 13.4. The van der Waals surface area contributed by atoms with Crippen LogP contribution >= 0.6 is 0 Å². The molecule has 0 radical (unpaired) electrons. The van der Waals surface area contributed by atoms with E-state index in [0.717, 1.165) is 17.7 Å². The molecule has 0 saturated heterocycles. The molecule has 3 aromatic rings. The second-order valence-corrected chi connectivity index (χ2v) is 7.80. The molecule has 3 rings (SSSR count). The molecule has 0 atom stereocenters. The number of hydrogen-bond donors (Lipinski definition) is 2. The molecule has 8 heteroatoms. The largest absolute Gasteiger partial charge is 0.505 e. The zero-order chi connectivity index (χ0) is 24.7. The Morgan fingerprint density at radius 1 is 1.06 bits per heavy atom. The third-order valence-electron chi connectivity index (χ3n) is 5.10. The Morgan fingerprint density at radius 3 is 2.26 bits per heavy atom. The van der Waals surface area contributed by atoms with E-state index in [1.807, 2.05) is 12.1 Å². The molecule has 1 amide bonds. The Kier molecular flexibility index (Phi) is 8.08. The van der Waals surface area contributed by atoms with Crippen LogP contribution in [0.2, 0.25) is 0 Å². The number of amides is 1. The molecule has 0 bridgehead atoms. The molecular weight excluding hydrogens is 439 g/mol. The van der Waals surface area contributed by atoms with Crippen LogP contribution in [-0.4, -0.2) is 31.4 Å². The number of phenolic OH excluding ortho intramolecular Hbond substituents is 1. The van der Waals surface area contributed by atoms with Gasteiger partial charge in [0.05, 0.1) is 20.4 Å². The van der Waals surface area contributed by atoms with Crippen molar-refractivity contribution in [2.75, 3.05) is 14.2 Å². The van der Waals surface area contributed by atoms with E-state index in [-0.39, 0.29) is 5.56 Å². The van der Waals surface area contributed by atoms with E-state index in [2.05, 4.69) is 36.5 Å². The molecule has 3 aromatic carbocycles. The standard InChI is InChI=1S/C26H27FN2O5/c1-16(2)19-7-5-17(6-8-19)15-34-25-23(32-3)11-18(12-24(25)33-4)14-28-29-26(31)20-9-10-22(30)21(27)13-20/h5-14,16,30H,15H2,1-4H3,(H,29,31). The third-order valence-corrected chi connectivity index (χ3v) is 5.10. The van der Waals surface area contributed by atoms with E-state index < -0.39 is 17.5 Å². The van der Waals surface area contributed by atoms with Crippen molar-refractivity contribution in [1.82, 2.24) is 5.43 Å². The second-order valence-electron chi connectivity index (χ2n) is 7.80. The molecule has 34 heavy (non-hydrogen) atoms. The predicted molar refractivity (Wildman–Crippen MR) is 128 cm³/mol. The summed E-state index contributed by atoms with van der Waals surface area (Å²) in [5.41, 5.74) is 5.18. The number of carbonyl (C=O) groups excluding carboxylic acids is 1. The highest BCUT2D eigenvalue weighted by Crippen LogP contribution is 2.38. The minimum absolute atomic E-state index is 0.0211. The maximum absolute atomic E-state index is 13.4. The lowest BCUT2D eigenvalue weighted by Gasteiger charge is -2.15. The van der Waals surface area contributed by atoms with Gasteiger partial charge in [0.2, 0.25) is 5.75 Å². The molecule has 0 aromatic heterocycles. The lowest BCUT2D eigenvalue weighted by atomic mass is 10.0. The van der Waals surface area contributed by atoms with Crippen LogP contribution in [0.3, 0.4) is 0 Å². The van der Waals surface area contributed by atoms with Gasteiger partial charge in [0.15, 0.2) is 23.1 Å². The van der Waals surface area contributed by atoms with Gasteiger partial charge in [-0.2, -0.15) is 5.10 Å². The zero-order valence-electron chi connectivity index (χ0n) is 19.5. The Balaban J connectivity index is 1.72. The van der Waals surface area contributed by atoms with Crippen molar-refractivity contribution < 1.29 is 28.5 Å². The summed E-state index contributed by atoms with van der Waals surface area (Å²) in [7, 11) is 3.03. The summed E-state index contributed by atoms with van der Waals surface area (Å²) in [5, 5.41) is 13.1. The Labute approximate surface area is 197 Å². The number of nitrogens with one attached hydrogen (secondary N) is 1. The monoisotopic (exact) mass is 466 g/mol. The van der Waals surface area contributed by atoms with Crippen molar-refractivity contribution in [2.45, 2.75) is 26.4 Å². The van der Waals surface area contributed by atoms with Crippen molar-refractivity contribution >= 4 is 12.1 Å². The van der Waals surface area contributed by atoms with Crippen molar-refractivity contribution in [3.05, 3.63) is 82.7 Å². The molecule has 0 saturated carbocycles. The number of carbonyl (C=O) groups is 1. The van der Waals surface area contributed by atoms with Crippen molar-refractivity contribution in [3.8, 4) is 23.0 Å². The first-order valence-corrected chi connectivity index (χ1v) is 10.6. The molecular formula is C26H27FN2O5. The van der Waals surface area contributed by atoms with E-state index in [4.69, 9.17) is 14.2 Å². The predicted octanol–water partition coefficient (Wildman–Crippen LogP) is 5.01. The first kappa shape index (κ1) is 24.6. The average Bonchev–Trinajstić information content (AvgIpc) is 2.84. The minimum Gasteiger partial charge on any atom is -0.505 e. The molecule has 0 heterocycles. The summed E-state index contributed by atoms with van der Waals surface area (Å²) in [6.07, 6.45) is 1.40. The third kappa shape index (κ3) is 6.04. The summed E-state index contributed by atoms with van der Waals surface area (Å²) < 4.78 is 30.4. The molecule has 7 nitrogen and oxygen atoms in total. The Hall–Kier alpha value is -4.07. The van der Waals surface area contributed by atoms with Gasteiger partial charge >= 0.3 is 0 Å². The van der Waals surface area contributed by atoms with Crippen LogP contribution in [0.4, 0.5) is 4.39 Å². The van der Waals surface area contributed by atoms with Crippen LogP contribution in [0.5, 0.6) is 23.0 Å². The van der Waals surface area contributed by atoms with Crippen LogP contribution in [0.25, 0.3) is 0 Å². The zero-order valence-corrected chi connectivity index (χ0v) is 19.5. The number of hydrogen-bond acceptors (Lipinski definition) is 6. The molecule has 2 N–H and O–H groups in total. The Morgan fingerprint density at radius 2 is 1.71 bits per heavy atom. The summed E-state index contributed by atoms with van der Waals surface area (Å²) in [4.78, 5) is 12.1. The minimum atomic E-state index is -0.891. The molecule has 0 spiro atoms. The number of phenols is 1. The van der Waals surface area contributed by atoms with Crippen LogP contribution in [-0.2, 0) is 6.61 Å². The number of halogens is 1. The summed E-state index contributed by atoms with van der Waals surface area (Å²) in [6.45, 7) is 4.62. The van der Waals surface area contributed by atoms with E-state index in [1.54, 1.807) is 12.1 Å². The average molecular weight is 467 g/mol. The van der Waals surface area contributed by atoms with Gasteiger partial charge in [-0.05, 0) is 47.4 Å². The number of methoxy groups -OCH3 is 2. The first-order valence-electron chi connectivity index (χ1n) is 10.6. The van der Waals surface area contributed by atoms with Gasteiger partial charge in [-0.25, -0.2) is 9.82 Å². The number of rotatable bonds is 9. The van der Waals surface area contributed by atoms with Crippen LogP contribution in [0, 0.1) is 5.82 Å². The highest BCUT2D eigenvalue weighted by molar-refractivity contribution is 5.95. The smallest absolute Gasteiger partial charge is 0.271 e. The van der Waals surface area contributed by atoms with Crippen molar-refractivity contribution in [2.24, 2.45) is 5.10 Å². The molecule has 0 aliphatic heterocycles. The van der Waals surface area contributed by atoms with Gasteiger partial charge in [-0.1, -0.05) is 38.1 Å². The molecule has 0 fully saturated rings.